The second-order valence-electron chi connectivity index (χ2n) is 3.74. The zero-order valence-electron chi connectivity index (χ0n) is 9.25. The molecule has 0 aliphatic heterocycles. The van der Waals surface area contributed by atoms with Crippen LogP contribution in [0, 0.1) is 13.8 Å². The topological polar surface area (TPSA) is 52.3 Å². The third kappa shape index (κ3) is 4.49. The lowest BCUT2D eigenvalue weighted by molar-refractivity contribution is -0.118. The molecule has 0 saturated heterocycles. The predicted octanol–water partition coefficient (Wildman–Crippen LogP) is 1.95. The number of hydrogen-bond donors (Lipinski definition) is 1. The van der Waals surface area contributed by atoms with Crippen molar-refractivity contribution in [2.45, 2.75) is 26.7 Å². The molecule has 0 heterocycles. The Morgan fingerprint density at radius 1 is 1.27 bits per heavy atom. The highest BCUT2D eigenvalue weighted by Gasteiger charge is 1.98. The van der Waals surface area contributed by atoms with E-state index < -0.39 is 0 Å². The monoisotopic (exact) mass is 207 g/mol. The van der Waals surface area contributed by atoms with Crippen LogP contribution in [0.1, 0.15) is 24.0 Å². The molecular weight excluding hydrogens is 190 g/mol. The van der Waals surface area contributed by atoms with Gasteiger partial charge in [0.15, 0.2) is 0 Å². The number of aryl methyl sites for hydroxylation is 2. The van der Waals surface area contributed by atoms with Crippen LogP contribution >= 0.6 is 0 Å². The molecule has 82 valence electrons. The third-order valence-corrected chi connectivity index (χ3v) is 2.03. The van der Waals surface area contributed by atoms with Crippen LogP contribution < -0.4 is 10.5 Å². The minimum atomic E-state index is -0.279. The highest BCUT2D eigenvalue weighted by molar-refractivity contribution is 5.73. The highest BCUT2D eigenvalue weighted by atomic mass is 16.5. The van der Waals surface area contributed by atoms with Crippen molar-refractivity contribution in [3.05, 3.63) is 29.3 Å². The normalized spacial score (nSPS) is 10.0. The lowest BCUT2D eigenvalue weighted by Gasteiger charge is -2.07. The molecule has 0 fully saturated rings. The molecule has 0 radical (unpaired) electrons. The van der Waals surface area contributed by atoms with Gasteiger partial charge in [0.25, 0.3) is 0 Å². The van der Waals surface area contributed by atoms with Crippen molar-refractivity contribution < 1.29 is 9.53 Å². The van der Waals surface area contributed by atoms with Gasteiger partial charge in [-0.2, -0.15) is 0 Å². The number of primary amides is 1. The number of amides is 1. The summed E-state index contributed by atoms with van der Waals surface area (Å²) in [7, 11) is 0. The maximum Gasteiger partial charge on any atom is 0.217 e. The van der Waals surface area contributed by atoms with Gasteiger partial charge in [0, 0.05) is 6.42 Å². The minimum Gasteiger partial charge on any atom is -0.494 e. The highest BCUT2D eigenvalue weighted by Crippen LogP contribution is 2.16. The first kappa shape index (κ1) is 11.6. The quantitative estimate of drug-likeness (QED) is 0.750. The van der Waals surface area contributed by atoms with E-state index in [4.69, 9.17) is 10.5 Å². The van der Waals surface area contributed by atoms with Crippen LogP contribution in [0.4, 0.5) is 0 Å². The van der Waals surface area contributed by atoms with Crippen LogP contribution in [-0.4, -0.2) is 12.5 Å². The van der Waals surface area contributed by atoms with Crippen molar-refractivity contribution in [3.63, 3.8) is 0 Å². The number of benzene rings is 1. The molecule has 0 aliphatic rings. The molecule has 1 rings (SSSR count). The Bertz CT molecular complexity index is 327. The average molecular weight is 207 g/mol. The number of ether oxygens (including phenoxy) is 1. The molecular formula is C12H17NO2. The number of carbonyl (C=O) groups excluding carboxylic acids is 1. The van der Waals surface area contributed by atoms with E-state index in [1.165, 1.54) is 11.1 Å². The Labute approximate surface area is 90.2 Å². The number of hydrogen-bond acceptors (Lipinski definition) is 2. The molecule has 0 atom stereocenters. The fraction of sp³-hybridized carbons (Fsp3) is 0.417. The summed E-state index contributed by atoms with van der Waals surface area (Å²) in [5, 5.41) is 0. The van der Waals surface area contributed by atoms with Crippen molar-refractivity contribution in [2.75, 3.05) is 6.61 Å². The van der Waals surface area contributed by atoms with Crippen molar-refractivity contribution in [3.8, 4) is 5.75 Å². The summed E-state index contributed by atoms with van der Waals surface area (Å²) in [5.74, 6) is 0.580. The maximum absolute atomic E-state index is 10.5. The van der Waals surface area contributed by atoms with Crippen molar-refractivity contribution >= 4 is 5.91 Å². The van der Waals surface area contributed by atoms with Gasteiger partial charge in [0.1, 0.15) is 5.75 Å². The molecule has 0 spiro atoms. The van der Waals surface area contributed by atoms with Gasteiger partial charge in [-0.3, -0.25) is 4.79 Å². The second-order valence-corrected chi connectivity index (χ2v) is 3.74. The Hall–Kier alpha value is -1.51. The van der Waals surface area contributed by atoms with Crippen LogP contribution in [0.25, 0.3) is 0 Å². The third-order valence-electron chi connectivity index (χ3n) is 2.03. The zero-order valence-corrected chi connectivity index (χ0v) is 9.25. The lowest BCUT2D eigenvalue weighted by atomic mass is 10.1. The van der Waals surface area contributed by atoms with Gasteiger partial charge in [-0.05, 0) is 43.5 Å². The molecule has 0 bridgehead atoms. The number of rotatable bonds is 5. The second kappa shape index (κ2) is 5.39. The van der Waals surface area contributed by atoms with E-state index in [-0.39, 0.29) is 5.91 Å². The summed E-state index contributed by atoms with van der Waals surface area (Å²) in [6.45, 7) is 4.60. The molecule has 1 amide bonds. The molecule has 1 aromatic rings. The van der Waals surface area contributed by atoms with Crippen LogP contribution in [-0.2, 0) is 4.79 Å². The molecule has 0 aromatic heterocycles. The number of nitrogens with two attached hydrogens (primary N) is 1. The van der Waals surface area contributed by atoms with E-state index in [2.05, 4.69) is 6.07 Å². The summed E-state index contributed by atoms with van der Waals surface area (Å²) >= 11 is 0. The first-order valence-electron chi connectivity index (χ1n) is 5.07. The van der Waals surface area contributed by atoms with Gasteiger partial charge in [0.2, 0.25) is 5.91 Å². The van der Waals surface area contributed by atoms with E-state index in [0.717, 1.165) is 5.75 Å². The van der Waals surface area contributed by atoms with Gasteiger partial charge in [-0.15, -0.1) is 0 Å². The van der Waals surface area contributed by atoms with Crippen molar-refractivity contribution in [1.82, 2.24) is 0 Å². The summed E-state index contributed by atoms with van der Waals surface area (Å²) in [6, 6.07) is 6.06. The Balaban J connectivity index is 2.40. The van der Waals surface area contributed by atoms with E-state index in [0.29, 0.717) is 19.4 Å². The van der Waals surface area contributed by atoms with Crippen LogP contribution in [0.2, 0.25) is 0 Å². The molecule has 1 aromatic carbocycles. The van der Waals surface area contributed by atoms with Crippen molar-refractivity contribution in [2.24, 2.45) is 5.73 Å². The fourth-order valence-corrected chi connectivity index (χ4v) is 1.45. The zero-order chi connectivity index (χ0) is 11.3. The van der Waals surface area contributed by atoms with Crippen molar-refractivity contribution in [1.29, 1.82) is 0 Å². The van der Waals surface area contributed by atoms with Gasteiger partial charge >= 0.3 is 0 Å². The largest absolute Gasteiger partial charge is 0.494 e. The molecule has 3 nitrogen and oxygen atoms in total. The maximum atomic E-state index is 10.5. The van der Waals surface area contributed by atoms with E-state index in [9.17, 15) is 4.79 Å². The number of carbonyl (C=O) groups is 1. The molecule has 0 unspecified atom stereocenters. The standard InChI is InChI=1S/C12H17NO2/c1-9-6-10(2)8-11(7-9)15-5-3-4-12(13)14/h6-8H,3-5H2,1-2H3,(H2,13,14). The summed E-state index contributed by atoms with van der Waals surface area (Å²) in [6.07, 6.45) is 1.05. The molecule has 0 aliphatic carbocycles. The predicted molar refractivity (Wildman–Crippen MR) is 59.8 cm³/mol. The van der Waals surface area contributed by atoms with E-state index in [1.807, 2.05) is 26.0 Å². The Kier molecular flexibility index (Phi) is 4.16. The van der Waals surface area contributed by atoms with E-state index >= 15 is 0 Å². The SMILES string of the molecule is Cc1cc(C)cc(OCCCC(N)=O)c1. The Morgan fingerprint density at radius 3 is 2.40 bits per heavy atom. The van der Waals surface area contributed by atoms with Gasteiger partial charge in [-0.1, -0.05) is 6.07 Å². The molecule has 15 heavy (non-hydrogen) atoms. The van der Waals surface area contributed by atoms with E-state index in [1.54, 1.807) is 0 Å². The fourth-order valence-electron chi connectivity index (χ4n) is 1.45. The van der Waals surface area contributed by atoms with Crippen LogP contribution in [0.3, 0.4) is 0 Å². The average Bonchev–Trinajstić information content (AvgIpc) is 2.10. The Morgan fingerprint density at radius 2 is 1.87 bits per heavy atom. The molecule has 2 N–H and O–H groups in total. The van der Waals surface area contributed by atoms with Gasteiger partial charge in [0.05, 0.1) is 6.61 Å². The van der Waals surface area contributed by atoms with Gasteiger partial charge in [-0.25, -0.2) is 0 Å². The molecule has 3 heteroatoms. The molecule has 0 saturated carbocycles. The summed E-state index contributed by atoms with van der Waals surface area (Å²) in [4.78, 5) is 10.5. The summed E-state index contributed by atoms with van der Waals surface area (Å²) < 4.78 is 5.51. The summed E-state index contributed by atoms with van der Waals surface area (Å²) in [5.41, 5.74) is 7.39. The smallest absolute Gasteiger partial charge is 0.217 e. The first-order chi connectivity index (χ1) is 7.08. The minimum absolute atomic E-state index is 0.279. The first-order valence-corrected chi connectivity index (χ1v) is 5.07. The lowest BCUT2D eigenvalue weighted by Crippen LogP contribution is -2.11. The van der Waals surface area contributed by atoms with Gasteiger partial charge < -0.3 is 10.5 Å². The van der Waals surface area contributed by atoms with Crippen LogP contribution in [0.15, 0.2) is 18.2 Å². The van der Waals surface area contributed by atoms with Crippen LogP contribution in [0.5, 0.6) is 5.75 Å².